The van der Waals surface area contributed by atoms with Crippen LogP contribution in [-0.2, 0) is 6.54 Å². The lowest BCUT2D eigenvalue weighted by molar-refractivity contribution is 0.0422. The predicted octanol–water partition coefficient (Wildman–Crippen LogP) is 3.40. The summed E-state index contributed by atoms with van der Waals surface area (Å²) in [6, 6.07) is 8.01. The third-order valence-corrected chi connectivity index (χ3v) is 3.72. The van der Waals surface area contributed by atoms with E-state index in [0.29, 0.717) is 18.1 Å². The zero-order chi connectivity index (χ0) is 14.9. The van der Waals surface area contributed by atoms with E-state index in [4.69, 9.17) is 11.6 Å². The summed E-state index contributed by atoms with van der Waals surface area (Å²) in [7, 11) is 1.96. The molecule has 0 aliphatic carbocycles. The highest BCUT2D eigenvalue weighted by Gasteiger charge is 2.18. The van der Waals surface area contributed by atoms with E-state index in [1.165, 1.54) is 0 Å². The number of halogens is 1. The number of pyridine rings is 1. The first-order chi connectivity index (χ1) is 9.28. The number of nitrogens with zero attached hydrogens (tertiary/aromatic N) is 2. The zero-order valence-electron chi connectivity index (χ0n) is 12.4. The number of aryl methyl sites for hydroxylation is 1. The van der Waals surface area contributed by atoms with Crippen molar-refractivity contribution in [2.75, 3.05) is 13.6 Å². The monoisotopic (exact) mass is 292 g/mol. The number of aromatic nitrogens is 1. The summed E-state index contributed by atoms with van der Waals surface area (Å²) in [6.07, 6.45) is 0. The van der Waals surface area contributed by atoms with Crippen LogP contribution in [0.15, 0.2) is 24.3 Å². The first-order valence-corrected chi connectivity index (χ1v) is 7.10. The van der Waals surface area contributed by atoms with E-state index in [-0.39, 0.29) is 0 Å². The Labute approximate surface area is 125 Å². The molecule has 1 N–H and O–H groups in total. The highest BCUT2D eigenvalue weighted by molar-refractivity contribution is 6.32. The number of likely N-dealkylation sites (N-methyl/N-ethyl adjacent to an activating group) is 1. The van der Waals surface area contributed by atoms with Gasteiger partial charge in [-0.1, -0.05) is 29.8 Å². The molecule has 20 heavy (non-hydrogen) atoms. The number of rotatable bonds is 4. The molecule has 0 spiro atoms. The normalized spacial score (nSPS) is 12.3. The van der Waals surface area contributed by atoms with Gasteiger partial charge in [0.2, 0.25) is 0 Å². The van der Waals surface area contributed by atoms with Gasteiger partial charge >= 0.3 is 0 Å². The molecule has 2 aromatic rings. The maximum atomic E-state index is 9.87. The number of hydrogen-bond acceptors (Lipinski definition) is 3. The molecule has 0 radical (unpaired) electrons. The molecule has 1 heterocycles. The third kappa shape index (κ3) is 3.48. The molecule has 0 amide bonds. The van der Waals surface area contributed by atoms with Gasteiger partial charge < -0.3 is 5.11 Å². The molecule has 0 aliphatic rings. The summed E-state index contributed by atoms with van der Waals surface area (Å²) in [5, 5.41) is 11.7. The lowest BCUT2D eigenvalue weighted by Gasteiger charge is -2.25. The summed E-state index contributed by atoms with van der Waals surface area (Å²) in [5.74, 6) is 0. The maximum absolute atomic E-state index is 9.87. The van der Waals surface area contributed by atoms with Gasteiger partial charge in [-0.25, -0.2) is 4.98 Å². The van der Waals surface area contributed by atoms with Crippen LogP contribution in [0.5, 0.6) is 0 Å². The molecule has 4 heteroatoms. The molecule has 1 aromatic carbocycles. The van der Waals surface area contributed by atoms with E-state index < -0.39 is 5.60 Å². The first kappa shape index (κ1) is 15.2. The maximum Gasteiger partial charge on any atom is 0.0740 e. The lowest BCUT2D eigenvalue weighted by Crippen LogP contribution is -2.36. The van der Waals surface area contributed by atoms with Crippen molar-refractivity contribution < 1.29 is 5.11 Å². The highest BCUT2D eigenvalue weighted by Crippen LogP contribution is 2.27. The van der Waals surface area contributed by atoms with E-state index >= 15 is 0 Å². The standard InChI is InChI=1S/C16H21ClN2O/c1-11-12-7-5-6-8-13(12)18-14(15(11)17)9-19(4)10-16(2,3)20/h5-8,20H,9-10H2,1-4H3. The van der Waals surface area contributed by atoms with Crippen molar-refractivity contribution in [3.05, 3.63) is 40.5 Å². The Kier molecular flexibility index (Phi) is 4.33. The molecule has 0 bridgehead atoms. The van der Waals surface area contributed by atoms with Gasteiger partial charge in [0.15, 0.2) is 0 Å². The summed E-state index contributed by atoms with van der Waals surface area (Å²) < 4.78 is 0. The first-order valence-electron chi connectivity index (χ1n) is 6.72. The topological polar surface area (TPSA) is 36.4 Å². The fraction of sp³-hybridized carbons (Fsp3) is 0.438. The Morgan fingerprint density at radius 2 is 1.95 bits per heavy atom. The second-order valence-corrected chi connectivity index (χ2v) is 6.38. The number of aliphatic hydroxyl groups is 1. The van der Waals surface area contributed by atoms with Gasteiger partial charge in [-0.2, -0.15) is 0 Å². The van der Waals surface area contributed by atoms with Gasteiger partial charge in [0, 0.05) is 18.5 Å². The van der Waals surface area contributed by atoms with Crippen LogP contribution in [0.25, 0.3) is 10.9 Å². The molecule has 1 aromatic heterocycles. The van der Waals surface area contributed by atoms with Gasteiger partial charge in [-0.05, 0) is 39.4 Å². The largest absolute Gasteiger partial charge is 0.389 e. The molecule has 0 saturated carbocycles. The lowest BCUT2D eigenvalue weighted by atomic mass is 10.1. The minimum Gasteiger partial charge on any atom is -0.389 e. The van der Waals surface area contributed by atoms with E-state index in [1.807, 2.05) is 43.1 Å². The second-order valence-electron chi connectivity index (χ2n) is 6.00. The van der Waals surface area contributed by atoms with Gasteiger partial charge in [-0.3, -0.25) is 4.90 Å². The van der Waals surface area contributed by atoms with E-state index in [1.54, 1.807) is 13.8 Å². The second kappa shape index (κ2) is 5.68. The fourth-order valence-electron chi connectivity index (χ4n) is 2.49. The van der Waals surface area contributed by atoms with Crippen molar-refractivity contribution in [1.82, 2.24) is 9.88 Å². The SMILES string of the molecule is Cc1c(Cl)c(CN(C)CC(C)(C)O)nc2ccccc12. The van der Waals surface area contributed by atoms with Crippen LogP contribution >= 0.6 is 11.6 Å². The van der Waals surface area contributed by atoms with Crippen LogP contribution in [-0.4, -0.2) is 34.2 Å². The fourth-order valence-corrected chi connectivity index (χ4v) is 2.70. The molecule has 0 aliphatic heterocycles. The molecule has 3 nitrogen and oxygen atoms in total. The molecular weight excluding hydrogens is 272 g/mol. The van der Waals surface area contributed by atoms with Gasteiger partial charge in [0.1, 0.15) is 0 Å². The minimum atomic E-state index is -0.729. The minimum absolute atomic E-state index is 0.566. The summed E-state index contributed by atoms with van der Waals surface area (Å²) >= 11 is 6.44. The van der Waals surface area contributed by atoms with Crippen molar-refractivity contribution in [1.29, 1.82) is 0 Å². The molecule has 0 unspecified atom stereocenters. The van der Waals surface area contributed by atoms with E-state index in [0.717, 1.165) is 22.2 Å². The molecule has 0 saturated heterocycles. The van der Waals surface area contributed by atoms with Gasteiger partial charge in [0.25, 0.3) is 0 Å². The van der Waals surface area contributed by atoms with Crippen molar-refractivity contribution in [2.24, 2.45) is 0 Å². The average Bonchev–Trinajstić information content (AvgIpc) is 2.33. The Morgan fingerprint density at radius 3 is 2.60 bits per heavy atom. The van der Waals surface area contributed by atoms with Crippen LogP contribution in [0.1, 0.15) is 25.1 Å². The zero-order valence-corrected chi connectivity index (χ0v) is 13.2. The van der Waals surface area contributed by atoms with Crippen molar-refractivity contribution in [2.45, 2.75) is 32.9 Å². The van der Waals surface area contributed by atoms with Crippen LogP contribution in [0.4, 0.5) is 0 Å². The number of fused-ring (bicyclic) bond motifs is 1. The average molecular weight is 293 g/mol. The van der Waals surface area contributed by atoms with Crippen LogP contribution < -0.4 is 0 Å². The summed E-state index contributed by atoms with van der Waals surface area (Å²) in [5.41, 5.74) is 2.15. The predicted molar refractivity (Wildman–Crippen MR) is 84.1 cm³/mol. The molecule has 0 atom stereocenters. The number of para-hydroxylation sites is 1. The van der Waals surface area contributed by atoms with Crippen molar-refractivity contribution in [3.8, 4) is 0 Å². The van der Waals surface area contributed by atoms with Crippen LogP contribution in [0.3, 0.4) is 0 Å². The van der Waals surface area contributed by atoms with Crippen LogP contribution in [0.2, 0.25) is 5.02 Å². The Balaban J connectivity index is 2.33. The summed E-state index contributed by atoms with van der Waals surface area (Å²) in [4.78, 5) is 6.68. The molecule has 0 fully saturated rings. The molecular formula is C16H21ClN2O. The van der Waals surface area contributed by atoms with Crippen LogP contribution in [0, 0.1) is 6.92 Å². The Hall–Kier alpha value is -1.16. The van der Waals surface area contributed by atoms with Gasteiger partial charge in [-0.15, -0.1) is 0 Å². The number of hydrogen-bond donors (Lipinski definition) is 1. The molecule has 2 rings (SSSR count). The summed E-state index contributed by atoms with van der Waals surface area (Å²) in [6.45, 7) is 6.80. The van der Waals surface area contributed by atoms with Crippen molar-refractivity contribution in [3.63, 3.8) is 0 Å². The number of benzene rings is 1. The third-order valence-electron chi connectivity index (χ3n) is 3.22. The smallest absolute Gasteiger partial charge is 0.0740 e. The Bertz CT molecular complexity index is 620. The van der Waals surface area contributed by atoms with E-state index in [2.05, 4.69) is 4.98 Å². The van der Waals surface area contributed by atoms with E-state index in [9.17, 15) is 5.11 Å². The molecule has 108 valence electrons. The van der Waals surface area contributed by atoms with Gasteiger partial charge in [0.05, 0.1) is 21.8 Å². The Morgan fingerprint density at radius 1 is 1.30 bits per heavy atom. The highest BCUT2D eigenvalue weighted by atomic mass is 35.5. The van der Waals surface area contributed by atoms with Crippen molar-refractivity contribution >= 4 is 22.5 Å². The quantitative estimate of drug-likeness (QED) is 0.938.